The summed E-state index contributed by atoms with van der Waals surface area (Å²) in [5.41, 5.74) is 10.0. The number of nitrogens with one attached hydrogen (secondary N) is 1. The molecule has 0 aliphatic carbocycles. The molecule has 0 spiro atoms. The lowest BCUT2D eigenvalue weighted by Crippen LogP contribution is -1.79. The summed E-state index contributed by atoms with van der Waals surface area (Å²) in [6.45, 7) is 0. The van der Waals surface area contributed by atoms with Crippen LogP contribution in [-0.4, -0.2) is 0 Å². The molecule has 3 rings (SSSR count). The molecule has 0 aromatic heterocycles. The van der Waals surface area contributed by atoms with Gasteiger partial charge in [0.05, 0.1) is 5.69 Å². The highest BCUT2D eigenvalue weighted by molar-refractivity contribution is 5.89. The maximum absolute atomic E-state index is 7.22. The molecule has 0 aliphatic heterocycles. The quantitative estimate of drug-likeness (QED) is 0.592. The molecule has 3 aromatic rings. The average molecular weight is 232 g/mol. The molecule has 2 heteroatoms. The first-order valence-corrected chi connectivity index (χ1v) is 5.84. The van der Waals surface area contributed by atoms with Crippen LogP contribution in [0.1, 0.15) is 0 Å². The molecule has 0 bridgehead atoms. The summed E-state index contributed by atoms with van der Waals surface area (Å²) in [7, 11) is 0. The lowest BCUT2D eigenvalue weighted by Gasteiger charge is -2.06. The van der Waals surface area contributed by atoms with Crippen molar-refractivity contribution < 1.29 is 0 Å². The average Bonchev–Trinajstić information content (AvgIpc) is 2.46. The standard InChI is InChI=1S/C16H12N2/c17-18-16-8-4-3-7-15(16)14-10-9-12-5-1-2-6-13(12)11-14/h1-11,17H. The molecule has 3 aromatic carbocycles. The number of para-hydroxylation sites is 1. The Labute approximate surface area is 105 Å². The minimum atomic E-state index is 0.702. The van der Waals surface area contributed by atoms with E-state index >= 15 is 0 Å². The van der Waals surface area contributed by atoms with Crippen LogP contribution < -0.4 is 0 Å². The second-order valence-corrected chi connectivity index (χ2v) is 4.19. The van der Waals surface area contributed by atoms with Gasteiger partial charge in [0.2, 0.25) is 0 Å². The first-order chi connectivity index (χ1) is 8.88. The van der Waals surface area contributed by atoms with Gasteiger partial charge in [0, 0.05) is 5.56 Å². The molecule has 18 heavy (non-hydrogen) atoms. The fourth-order valence-corrected chi connectivity index (χ4v) is 2.17. The normalized spacial score (nSPS) is 10.4. The largest absolute Gasteiger partial charge is 0.204 e. The van der Waals surface area contributed by atoms with E-state index < -0.39 is 0 Å². The highest BCUT2D eigenvalue weighted by Crippen LogP contribution is 2.31. The highest BCUT2D eigenvalue weighted by atomic mass is 15.0. The predicted molar refractivity (Wildman–Crippen MR) is 74.2 cm³/mol. The van der Waals surface area contributed by atoms with Gasteiger partial charge in [-0.05, 0) is 28.5 Å². The van der Waals surface area contributed by atoms with Gasteiger partial charge in [-0.15, -0.1) is 0 Å². The summed E-state index contributed by atoms with van der Waals surface area (Å²) < 4.78 is 0. The molecule has 0 aliphatic rings. The van der Waals surface area contributed by atoms with E-state index in [9.17, 15) is 0 Å². The molecule has 2 nitrogen and oxygen atoms in total. The fraction of sp³-hybridized carbons (Fsp3) is 0. The smallest absolute Gasteiger partial charge is 0.0928 e. The molecule has 0 amide bonds. The van der Waals surface area contributed by atoms with Crippen LogP contribution in [0.4, 0.5) is 5.69 Å². The molecule has 0 saturated carbocycles. The van der Waals surface area contributed by atoms with Crippen LogP contribution in [0, 0.1) is 5.53 Å². The Balaban J connectivity index is 2.22. The van der Waals surface area contributed by atoms with Crippen molar-refractivity contribution in [3.63, 3.8) is 0 Å². The van der Waals surface area contributed by atoms with E-state index in [2.05, 4.69) is 35.4 Å². The molecule has 0 atom stereocenters. The maximum Gasteiger partial charge on any atom is 0.0928 e. The van der Waals surface area contributed by atoms with Crippen LogP contribution in [-0.2, 0) is 0 Å². The minimum absolute atomic E-state index is 0.702. The summed E-state index contributed by atoms with van der Waals surface area (Å²) in [4.78, 5) is 0. The van der Waals surface area contributed by atoms with Crippen LogP contribution in [0.25, 0.3) is 21.9 Å². The van der Waals surface area contributed by atoms with Crippen molar-refractivity contribution in [1.29, 1.82) is 5.53 Å². The maximum atomic E-state index is 7.22. The van der Waals surface area contributed by atoms with Gasteiger partial charge in [0.15, 0.2) is 0 Å². The zero-order valence-electron chi connectivity index (χ0n) is 9.80. The lowest BCUT2D eigenvalue weighted by atomic mass is 10.0. The minimum Gasteiger partial charge on any atom is -0.204 e. The molecule has 0 heterocycles. The first kappa shape index (κ1) is 10.7. The predicted octanol–water partition coefficient (Wildman–Crippen LogP) is 5.17. The Hall–Kier alpha value is -2.48. The Kier molecular flexibility index (Phi) is 2.61. The van der Waals surface area contributed by atoms with Gasteiger partial charge in [-0.25, -0.2) is 5.53 Å². The number of nitrogens with zero attached hydrogens (tertiary/aromatic N) is 1. The zero-order valence-corrected chi connectivity index (χ0v) is 9.80. The Bertz CT molecular complexity index is 717. The molecular formula is C16H12N2. The van der Waals surface area contributed by atoms with Crippen molar-refractivity contribution >= 4 is 16.5 Å². The van der Waals surface area contributed by atoms with Crippen LogP contribution >= 0.6 is 0 Å². The number of fused-ring (bicyclic) bond motifs is 1. The van der Waals surface area contributed by atoms with E-state index in [0.717, 1.165) is 11.1 Å². The van der Waals surface area contributed by atoms with Gasteiger partial charge in [-0.3, -0.25) is 0 Å². The van der Waals surface area contributed by atoms with E-state index in [1.807, 2.05) is 36.4 Å². The number of hydrogen-bond donors (Lipinski definition) is 1. The van der Waals surface area contributed by atoms with Crippen molar-refractivity contribution in [3.8, 4) is 11.1 Å². The van der Waals surface area contributed by atoms with Gasteiger partial charge in [0.25, 0.3) is 0 Å². The molecule has 86 valence electrons. The molecular weight excluding hydrogens is 220 g/mol. The van der Waals surface area contributed by atoms with E-state index in [4.69, 9.17) is 5.53 Å². The van der Waals surface area contributed by atoms with E-state index in [-0.39, 0.29) is 0 Å². The number of rotatable bonds is 2. The van der Waals surface area contributed by atoms with E-state index in [1.165, 1.54) is 10.8 Å². The molecule has 0 saturated heterocycles. The molecule has 1 N–H and O–H groups in total. The van der Waals surface area contributed by atoms with Crippen LogP contribution in [0.15, 0.2) is 71.8 Å². The summed E-state index contributed by atoms with van der Waals surface area (Å²) >= 11 is 0. The van der Waals surface area contributed by atoms with Crippen LogP contribution in [0.3, 0.4) is 0 Å². The Morgan fingerprint density at radius 2 is 1.44 bits per heavy atom. The third-order valence-electron chi connectivity index (χ3n) is 3.08. The van der Waals surface area contributed by atoms with Crippen molar-refractivity contribution in [1.82, 2.24) is 0 Å². The lowest BCUT2D eigenvalue weighted by molar-refractivity contribution is 1.15. The summed E-state index contributed by atoms with van der Waals surface area (Å²) in [5.74, 6) is 0. The molecule has 0 unspecified atom stereocenters. The van der Waals surface area contributed by atoms with Gasteiger partial charge < -0.3 is 0 Å². The second-order valence-electron chi connectivity index (χ2n) is 4.19. The third-order valence-corrected chi connectivity index (χ3v) is 3.08. The zero-order chi connectivity index (χ0) is 12.4. The van der Waals surface area contributed by atoms with Crippen molar-refractivity contribution in [2.24, 2.45) is 5.11 Å². The van der Waals surface area contributed by atoms with E-state index in [0.29, 0.717) is 5.69 Å². The SMILES string of the molecule is N=Nc1ccccc1-c1ccc2ccccc2c1. The molecule has 0 radical (unpaired) electrons. The highest BCUT2D eigenvalue weighted by Gasteiger charge is 2.04. The Morgan fingerprint density at radius 3 is 2.28 bits per heavy atom. The summed E-state index contributed by atoms with van der Waals surface area (Å²) in [6.07, 6.45) is 0. The van der Waals surface area contributed by atoms with Crippen molar-refractivity contribution in [3.05, 3.63) is 66.7 Å². The Morgan fingerprint density at radius 1 is 0.722 bits per heavy atom. The van der Waals surface area contributed by atoms with Crippen LogP contribution in [0.5, 0.6) is 0 Å². The molecule has 0 fully saturated rings. The fourth-order valence-electron chi connectivity index (χ4n) is 2.17. The van der Waals surface area contributed by atoms with Gasteiger partial charge >= 0.3 is 0 Å². The van der Waals surface area contributed by atoms with Crippen molar-refractivity contribution in [2.75, 3.05) is 0 Å². The van der Waals surface area contributed by atoms with E-state index in [1.54, 1.807) is 0 Å². The van der Waals surface area contributed by atoms with Crippen molar-refractivity contribution in [2.45, 2.75) is 0 Å². The summed E-state index contributed by atoms with van der Waals surface area (Å²) in [5, 5.41) is 6.00. The number of hydrogen-bond acceptors (Lipinski definition) is 2. The monoisotopic (exact) mass is 232 g/mol. The number of benzene rings is 3. The topological polar surface area (TPSA) is 36.2 Å². The second kappa shape index (κ2) is 4.41. The van der Waals surface area contributed by atoms with Gasteiger partial charge in [-0.1, -0.05) is 54.6 Å². The first-order valence-electron chi connectivity index (χ1n) is 5.84. The summed E-state index contributed by atoms with van der Waals surface area (Å²) in [6, 6.07) is 22.3. The van der Waals surface area contributed by atoms with Crippen LogP contribution in [0.2, 0.25) is 0 Å². The van der Waals surface area contributed by atoms with Gasteiger partial charge in [0.1, 0.15) is 0 Å². The third kappa shape index (κ3) is 1.78. The van der Waals surface area contributed by atoms with Gasteiger partial charge in [-0.2, -0.15) is 5.11 Å².